The molecule has 2 N–H and O–H groups in total. The Morgan fingerprint density at radius 1 is 1.12 bits per heavy atom. The minimum absolute atomic E-state index is 0.0296. The summed E-state index contributed by atoms with van der Waals surface area (Å²) in [5.74, 6) is -0.583. The third kappa shape index (κ3) is 5.31. The fraction of sp³-hybridized carbons (Fsp3) is 0.250. The van der Waals surface area contributed by atoms with Crippen LogP contribution in [-0.2, 0) is 12.4 Å². The van der Waals surface area contributed by atoms with Gasteiger partial charge in [-0.05, 0) is 75.8 Å². The smallest absolute Gasteiger partial charge is 0.381 e. The van der Waals surface area contributed by atoms with Crippen LogP contribution in [0.15, 0.2) is 41.0 Å². The third-order valence-corrected chi connectivity index (χ3v) is 6.52. The second-order valence-electron chi connectivity index (χ2n) is 7.22. The number of aromatic nitrogens is 3. The van der Waals surface area contributed by atoms with Crippen LogP contribution in [-0.4, -0.2) is 32.6 Å². The Morgan fingerprint density at radius 3 is 2.15 bits per heavy atom. The van der Waals surface area contributed by atoms with E-state index in [1.165, 1.54) is 17.9 Å². The highest BCUT2D eigenvalue weighted by molar-refractivity contribution is 14.1. The molecule has 3 rings (SSSR count). The van der Waals surface area contributed by atoms with Crippen LogP contribution in [0, 0.1) is 3.57 Å². The van der Waals surface area contributed by atoms with Crippen molar-refractivity contribution in [1.29, 1.82) is 0 Å². The lowest BCUT2D eigenvalue weighted by molar-refractivity contribution is -0.143. The molecule has 6 nitrogen and oxygen atoms in total. The maximum Gasteiger partial charge on any atom is 0.416 e. The summed E-state index contributed by atoms with van der Waals surface area (Å²) in [6.07, 6.45) is -8.64. The lowest BCUT2D eigenvalue weighted by Gasteiger charge is -2.26. The predicted molar refractivity (Wildman–Crippen MR) is 123 cm³/mol. The van der Waals surface area contributed by atoms with E-state index in [4.69, 9.17) is 5.73 Å². The lowest BCUT2D eigenvalue weighted by atomic mass is 10.0. The summed E-state index contributed by atoms with van der Waals surface area (Å²) in [6.45, 7) is 1.55. The van der Waals surface area contributed by atoms with Gasteiger partial charge in [0, 0.05) is 23.3 Å². The van der Waals surface area contributed by atoms with Gasteiger partial charge in [0.1, 0.15) is 0 Å². The van der Waals surface area contributed by atoms with Crippen molar-refractivity contribution in [2.45, 2.75) is 25.3 Å². The largest absolute Gasteiger partial charge is 0.416 e. The zero-order chi connectivity index (χ0) is 25.6. The van der Waals surface area contributed by atoms with Gasteiger partial charge in [-0.15, -0.1) is 5.10 Å². The second-order valence-corrected chi connectivity index (χ2v) is 9.21. The van der Waals surface area contributed by atoms with Crippen LogP contribution in [0.4, 0.5) is 32.2 Å². The van der Waals surface area contributed by atoms with Gasteiger partial charge < -0.3 is 10.6 Å². The average molecular weight is 662 g/mol. The van der Waals surface area contributed by atoms with Crippen LogP contribution in [0.25, 0.3) is 5.82 Å². The summed E-state index contributed by atoms with van der Waals surface area (Å²) in [5.41, 5.74) is 2.41. The molecule has 3 aromatic rings. The number of hydrogen-bond acceptors (Lipinski definition) is 4. The summed E-state index contributed by atoms with van der Waals surface area (Å²) in [4.78, 5) is 18.3. The summed E-state index contributed by atoms with van der Waals surface area (Å²) < 4.78 is 81.8. The Kier molecular flexibility index (Phi) is 7.22. The molecule has 1 unspecified atom stereocenters. The van der Waals surface area contributed by atoms with Crippen molar-refractivity contribution in [2.75, 3.05) is 12.8 Å². The molecule has 0 saturated heterocycles. The van der Waals surface area contributed by atoms with Crippen molar-refractivity contribution in [3.63, 3.8) is 0 Å². The van der Waals surface area contributed by atoms with E-state index < -0.39 is 41.0 Å². The van der Waals surface area contributed by atoms with Gasteiger partial charge in [0.05, 0.1) is 26.4 Å². The number of carbonyl (C=O) groups excluding carboxylic acids is 1. The van der Waals surface area contributed by atoms with Crippen LogP contribution in [0.3, 0.4) is 0 Å². The topological polar surface area (TPSA) is 77.0 Å². The van der Waals surface area contributed by atoms with Crippen LogP contribution in [0.2, 0.25) is 0 Å². The number of benzene rings is 1. The molecule has 2 aromatic heterocycles. The van der Waals surface area contributed by atoms with E-state index in [-0.39, 0.29) is 11.9 Å². The minimum Gasteiger partial charge on any atom is -0.381 e. The highest BCUT2D eigenvalue weighted by Crippen LogP contribution is 2.37. The van der Waals surface area contributed by atoms with E-state index in [2.05, 4.69) is 26.0 Å². The first-order valence-electron chi connectivity index (χ1n) is 9.33. The van der Waals surface area contributed by atoms with E-state index in [1.54, 1.807) is 19.1 Å². The Bertz CT molecular complexity index is 1190. The number of hydrogen-bond donors (Lipinski definition) is 1. The maximum absolute atomic E-state index is 13.2. The monoisotopic (exact) mass is 661 g/mol. The number of alkyl halides is 6. The van der Waals surface area contributed by atoms with E-state index in [1.807, 2.05) is 22.6 Å². The zero-order valence-corrected chi connectivity index (χ0v) is 21.1. The standard InChI is InChI=1S/C20H15BrF6IN5O/c1-9(16-15(28)17(29)31-33(16)14-4-3-13(21)8-30-14)32(2)18(34)10-5-11(19(22,23)24)7-12(6-10)20(25,26)27/h3-9H,1-2H3,(H2,29,31). The first kappa shape index (κ1) is 26.2. The van der Waals surface area contributed by atoms with E-state index in [0.717, 1.165) is 4.90 Å². The number of pyridine rings is 1. The van der Waals surface area contributed by atoms with Gasteiger partial charge in [-0.25, -0.2) is 9.67 Å². The summed E-state index contributed by atoms with van der Waals surface area (Å²) in [5, 5.41) is 4.21. The Labute approximate surface area is 211 Å². The van der Waals surface area contributed by atoms with Gasteiger partial charge in [0.25, 0.3) is 5.91 Å². The van der Waals surface area contributed by atoms with Crippen molar-refractivity contribution in [2.24, 2.45) is 0 Å². The van der Waals surface area contributed by atoms with Gasteiger partial charge in [0.2, 0.25) is 0 Å². The normalized spacial score (nSPS) is 13.1. The molecule has 34 heavy (non-hydrogen) atoms. The number of amides is 1. The lowest BCUT2D eigenvalue weighted by Crippen LogP contribution is -2.32. The van der Waals surface area contributed by atoms with Gasteiger partial charge in [-0.1, -0.05) is 0 Å². The Balaban J connectivity index is 2.06. The molecule has 0 fully saturated rings. The Hall–Kier alpha value is -2.36. The number of nitrogens with two attached hydrogens (primary N) is 1. The molecule has 1 atom stereocenters. The van der Waals surface area contributed by atoms with Gasteiger partial charge in [0.15, 0.2) is 11.6 Å². The number of nitrogens with zero attached hydrogens (tertiary/aromatic N) is 4. The number of nitrogen functional groups attached to an aromatic ring is 1. The van der Waals surface area contributed by atoms with Crippen LogP contribution in [0.5, 0.6) is 0 Å². The molecule has 0 bridgehead atoms. The van der Waals surface area contributed by atoms with Crippen LogP contribution >= 0.6 is 38.5 Å². The molecule has 182 valence electrons. The van der Waals surface area contributed by atoms with Gasteiger partial charge >= 0.3 is 12.4 Å². The molecule has 0 spiro atoms. The van der Waals surface area contributed by atoms with Crippen molar-refractivity contribution in [1.82, 2.24) is 19.7 Å². The van der Waals surface area contributed by atoms with E-state index in [9.17, 15) is 31.1 Å². The predicted octanol–water partition coefficient (Wildman–Crippen LogP) is 6.09. The fourth-order valence-electron chi connectivity index (χ4n) is 3.10. The SMILES string of the molecule is CC(c1c(I)c(N)nn1-c1ccc(Br)cn1)N(C)C(=O)c1cc(C(F)(F)F)cc(C(F)(F)F)c1. The summed E-state index contributed by atoms with van der Waals surface area (Å²) in [6, 6.07) is 3.23. The van der Waals surface area contributed by atoms with Crippen molar-refractivity contribution >= 4 is 50.2 Å². The first-order chi connectivity index (χ1) is 15.6. The van der Waals surface area contributed by atoms with Crippen LogP contribution < -0.4 is 5.73 Å². The molecule has 0 radical (unpaired) electrons. The van der Waals surface area contributed by atoms with Crippen molar-refractivity contribution < 1.29 is 31.1 Å². The molecule has 1 amide bonds. The Morgan fingerprint density at radius 2 is 1.68 bits per heavy atom. The van der Waals surface area contributed by atoms with Crippen molar-refractivity contribution in [3.8, 4) is 5.82 Å². The summed E-state index contributed by atoms with van der Waals surface area (Å²) >= 11 is 5.16. The second kappa shape index (κ2) is 9.36. The highest BCUT2D eigenvalue weighted by Gasteiger charge is 2.38. The molecular formula is C20H15BrF6IN5O. The first-order valence-corrected chi connectivity index (χ1v) is 11.2. The number of anilines is 1. The van der Waals surface area contributed by atoms with Crippen LogP contribution in [0.1, 0.15) is 40.1 Å². The third-order valence-electron chi connectivity index (χ3n) is 4.95. The highest BCUT2D eigenvalue weighted by atomic mass is 127. The molecule has 0 aliphatic heterocycles. The van der Waals surface area contributed by atoms with E-state index >= 15 is 0 Å². The molecule has 0 aliphatic rings. The number of halogens is 8. The molecule has 1 aromatic carbocycles. The molecule has 14 heteroatoms. The van der Waals surface area contributed by atoms with Crippen molar-refractivity contribution in [3.05, 3.63) is 67.0 Å². The zero-order valence-electron chi connectivity index (χ0n) is 17.3. The molecule has 0 aliphatic carbocycles. The maximum atomic E-state index is 13.2. The number of carbonyl (C=O) groups is 1. The minimum atomic E-state index is -5.07. The molecule has 0 saturated carbocycles. The van der Waals surface area contributed by atoms with Gasteiger partial charge in [-0.3, -0.25) is 4.79 Å². The average Bonchev–Trinajstić information content (AvgIpc) is 3.05. The quantitative estimate of drug-likeness (QED) is 0.271. The van der Waals surface area contributed by atoms with Gasteiger partial charge in [-0.2, -0.15) is 26.3 Å². The molecule has 2 heterocycles. The summed E-state index contributed by atoms with van der Waals surface area (Å²) in [7, 11) is 1.26. The fourth-order valence-corrected chi connectivity index (χ4v) is 4.12. The number of rotatable bonds is 4. The van der Waals surface area contributed by atoms with E-state index in [0.29, 0.717) is 31.7 Å². The molecular weight excluding hydrogens is 647 g/mol.